The number of aromatic carboxylic acids is 1. The first-order valence-electron chi connectivity index (χ1n) is 6.62. The molecule has 0 fully saturated rings. The van der Waals surface area contributed by atoms with E-state index in [4.69, 9.17) is 5.11 Å². The number of hydrogen-bond donors (Lipinski definition) is 3. The van der Waals surface area contributed by atoms with Gasteiger partial charge in [0.1, 0.15) is 0 Å². The molecule has 7 nitrogen and oxygen atoms in total. The van der Waals surface area contributed by atoms with Gasteiger partial charge >= 0.3 is 5.97 Å². The van der Waals surface area contributed by atoms with E-state index in [1.807, 2.05) is 30.3 Å². The Labute approximate surface area is 133 Å². The van der Waals surface area contributed by atoms with Gasteiger partial charge in [-0.2, -0.15) is 5.21 Å². The van der Waals surface area contributed by atoms with E-state index in [0.29, 0.717) is 12.4 Å². The maximum Gasteiger partial charge on any atom is 0.335 e. The molecule has 3 rings (SSSR count). The predicted octanol–water partition coefficient (Wildman–Crippen LogP) is 2.81. The number of nitrogens with zero attached hydrogens (tertiary/aromatic N) is 3. The molecule has 2 aromatic carbocycles. The van der Waals surface area contributed by atoms with Crippen molar-refractivity contribution in [2.75, 3.05) is 5.32 Å². The second-order valence-corrected chi connectivity index (χ2v) is 4.67. The van der Waals surface area contributed by atoms with Crippen molar-refractivity contribution >= 4 is 11.7 Å². The molecule has 118 valence electrons. The molecular formula is C16H17N5O2. The maximum atomic E-state index is 10.9. The molecule has 0 saturated heterocycles. The maximum absolute atomic E-state index is 10.9. The Bertz CT molecular complexity index is 769. The quantitative estimate of drug-likeness (QED) is 0.669. The molecule has 0 spiro atoms. The molecule has 1 heterocycles. The van der Waals surface area contributed by atoms with Gasteiger partial charge in [-0.3, -0.25) is 0 Å². The van der Waals surface area contributed by atoms with Crippen molar-refractivity contribution in [3.63, 3.8) is 0 Å². The lowest BCUT2D eigenvalue weighted by atomic mass is 10.1. The summed E-state index contributed by atoms with van der Waals surface area (Å²) in [5, 5.41) is 26.0. The Kier molecular flexibility index (Phi) is 5.03. The zero-order chi connectivity index (χ0) is 15.4. The number of rotatable bonds is 5. The lowest BCUT2D eigenvalue weighted by Crippen LogP contribution is -2.02. The van der Waals surface area contributed by atoms with E-state index < -0.39 is 5.97 Å². The SMILES string of the molecule is C.O=C(O)c1cccc(CNc2ccc(-c3nn[nH]n3)cc2)c1. The fourth-order valence-electron chi connectivity index (χ4n) is 2.04. The van der Waals surface area contributed by atoms with E-state index in [9.17, 15) is 4.79 Å². The van der Waals surface area contributed by atoms with Crippen LogP contribution in [-0.2, 0) is 6.54 Å². The Balaban J connectivity index is 0.00000192. The third kappa shape index (κ3) is 3.91. The Morgan fingerprint density at radius 2 is 1.96 bits per heavy atom. The first kappa shape index (κ1) is 16.2. The number of tetrazole rings is 1. The smallest absolute Gasteiger partial charge is 0.335 e. The molecule has 1 aromatic heterocycles. The minimum absolute atomic E-state index is 0. The van der Waals surface area contributed by atoms with E-state index in [1.165, 1.54) is 0 Å². The van der Waals surface area contributed by atoms with Gasteiger partial charge < -0.3 is 10.4 Å². The molecular weight excluding hydrogens is 294 g/mol. The number of carbonyl (C=O) groups is 1. The topological polar surface area (TPSA) is 104 Å². The monoisotopic (exact) mass is 311 g/mol. The molecule has 0 bridgehead atoms. The van der Waals surface area contributed by atoms with Crippen LogP contribution in [0.2, 0.25) is 0 Å². The highest BCUT2D eigenvalue weighted by Gasteiger charge is 2.04. The van der Waals surface area contributed by atoms with Crippen LogP contribution < -0.4 is 5.32 Å². The van der Waals surface area contributed by atoms with Gasteiger partial charge in [-0.05, 0) is 47.2 Å². The summed E-state index contributed by atoms with van der Waals surface area (Å²) in [6.07, 6.45) is 0. The van der Waals surface area contributed by atoms with Crippen LogP contribution in [-0.4, -0.2) is 31.7 Å². The van der Waals surface area contributed by atoms with Crippen LogP contribution in [0.25, 0.3) is 11.4 Å². The van der Waals surface area contributed by atoms with Crippen LogP contribution >= 0.6 is 0 Å². The van der Waals surface area contributed by atoms with Crippen molar-refractivity contribution in [1.29, 1.82) is 0 Å². The molecule has 0 atom stereocenters. The predicted molar refractivity (Wildman–Crippen MR) is 87.1 cm³/mol. The van der Waals surface area contributed by atoms with Crippen molar-refractivity contribution in [2.45, 2.75) is 14.0 Å². The number of aromatic nitrogens is 4. The highest BCUT2D eigenvalue weighted by molar-refractivity contribution is 5.87. The molecule has 0 aliphatic rings. The minimum Gasteiger partial charge on any atom is -0.478 e. The van der Waals surface area contributed by atoms with Crippen molar-refractivity contribution < 1.29 is 9.90 Å². The summed E-state index contributed by atoms with van der Waals surface area (Å²) in [6, 6.07) is 14.4. The summed E-state index contributed by atoms with van der Waals surface area (Å²) in [6.45, 7) is 0.544. The summed E-state index contributed by atoms with van der Waals surface area (Å²) >= 11 is 0. The van der Waals surface area contributed by atoms with E-state index in [2.05, 4.69) is 25.9 Å². The first-order chi connectivity index (χ1) is 10.7. The number of anilines is 1. The third-order valence-electron chi connectivity index (χ3n) is 3.16. The molecule has 3 aromatic rings. The Morgan fingerprint density at radius 3 is 2.61 bits per heavy atom. The van der Waals surface area contributed by atoms with E-state index in [1.54, 1.807) is 18.2 Å². The summed E-state index contributed by atoms with van der Waals surface area (Å²) in [7, 11) is 0. The van der Waals surface area contributed by atoms with Gasteiger partial charge in [-0.25, -0.2) is 4.79 Å². The largest absolute Gasteiger partial charge is 0.478 e. The number of benzene rings is 2. The van der Waals surface area contributed by atoms with E-state index in [0.717, 1.165) is 16.8 Å². The standard InChI is InChI=1S/C15H13N5O2.CH4/c21-15(22)12-3-1-2-10(8-12)9-16-13-6-4-11(5-7-13)14-17-19-20-18-14;/h1-8,16H,9H2,(H,21,22)(H,17,18,19,20);1H4. The van der Waals surface area contributed by atoms with Gasteiger partial charge in [-0.1, -0.05) is 19.6 Å². The zero-order valence-electron chi connectivity index (χ0n) is 11.5. The van der Waals surface area contributed by atoms with Crippen LogP contribution in [0.3, 0.4) is 0 Å². The molecule has 0 unspecified atom stereocenters. The molecule has 7 heteroatoms. The van der Waals surface area contributed by atoms with Gasteiger partial charge in [0, 0.05) is 17.8 Å². The van der Waals surface area contributed by atoms with Crippen molar-refractivity contribution in [1.82, 2.24) is 20.6 Å². The highest BCUT2D eigenvalue weighted by atomic mass is 16.4. The first-order valence-corrected chi connectivity index (χ1v) is 6.62. The summed E-state index contributed by atoms with van der Waals surface area (Å²) in [4.78, 5) is 10.9. The van der Waals surface area contributed by atoms with Gasteiger partial charge in [0.05, 0.1) is 5.56 Å². The number of carboxylic acid groups (broad SMARTS) is 1. The lowest BCUT2D eigenvalue weighted by molar-refractivity contribution is 0.0697. The molecule has 23 heavy (non-hydrogen) atoms. The molecule has 0 amide bonds. The molecule has 3 N–H and O–H groups in total. The molecule has 0 aliphatic carbocycles. The second-order valence-electron chi connectivity index (χ2n) is 4.67. The van der Waals surface area contributed by atoms with Crippen molar-refractivity contribution in [3.8, 4) is 11.4 Å². The summed E-state index contributed by atoms with van der Waals surface area (Å²) in [5.41, 5.74) is 2.98. The Morgan fingerprint density at radius 1 is 1.17 bits per heavy atom. The van der Waals surface area contributed by atoms with E-state index in [-0.39, 0.29) is 13.0 Å². The van der Waals surface area contributed by atoms with Crippen molar-refractivity contribution in [3.05, 3.63) is 59.7 Å². The van der Waals surface area contributed by atoms with E-state index >= 15 is 0 Å². The summed E-state index contributed by atoms with van der Waals surface area (Å²) < 4.78 is 0. The number of hydrogen-bond acceptors (Lipinski definition) is 5. The average molecular weight is 311 g/mol. The van der Waals surface area contributed by atoms with Crippen LogP contribution in [0.1, 0.15) is 23.3 Å². The number of H-pyrrole nitrogens is 1. The molecule has 0 aliphatic heterocycles. The van der Waals surface area contributed by atoms with Crippen LogP contribution in [0.15, 0.2) is 48.5 Å². The molecule has 0 radical (unpaired) electrons. The van der Waals surface area contributed by atoms with Crippen molar-refractivity contribution in [2.24, 2.45) is 0 Å². The fraction of sp³-hybridized carbons (Fsp3) is 0.125. The van der Waals surface area contributed by atoms with Gasteiger partial charge in [0.25, 0.3) is 0 Å². The molecule has 0 saturated carbocycles. The van der Waals surface area contributed by atoms with Gasteiger partial charge in [-0.15, -0.1) is 10.2 Å². The fourth-order valence-corrected chi connectivity index (χ4v) is 2.04. The highest BCUT2D eigenvalue weighted by Crippen LogP contribution is 2.17. The van der Waals surface area contributed by atoms with Crippen LogP contribution in [0.5, 0.6) is 0 Å². The zero-order valence-corrected chi connectivity index (χ0v) is 11.5. The normalized spacial score (nSPS) is 9.91. The van der Waals surface area contributed by atoms with Gasteiger partial charge in [0.2, 0.25) is 5.82 Å². The van der Waals surface area contributed by atoms with Crippen LogP contribution in [0, 0.1) is 0 Å². The summed E-state index contributed by atoms with van der Waals surface area (Å²) in [5.74, 6) is -0.382. The number of nitrogens with one attached hydrogen (secondary N) is 2. The lowest BCUT2D eigenvalue weighted by Gasteiger charge is -2.07. The van der Waals surface area contributed by atoms with Crippen LogP contribution in [0.4, 0.5) is 5.69 Å². The number of carboxylic acids is 1. The average Bonchev–Trinajstić information content (AvgIpc) is 3.08. The van der Waals surface area contributed by atoms with Gasteiger partial charge in [0.15, 0.2) is 0 Å². The second kappa shape index (κ2) is 7.17. The minimum atomic E-state index is -0.925. The Hall–Kier alpha value is -3.22. The third-order valence-corrected chi connectivity index (χ3v) is 3.16. The number of aromatic amines is 1.